The zero-order valence-corrected chi connectivity index (χ0v) is 10.2. The quantitative estimate of drug-likeness (QED) is 0.574. The highest BCUT2D eigenvalue weighted by Crippen LogP contribution is 2.10. The van der Waals surface area contributed by atoms with Crippen LogP contribution in [-0.2, 0) is 14.3 Å². The first-order chi connectivity index (χ1) is 8.54. The second-order valence-electron chi connectivity index (χ2n) is 4.52. The lowest BCUT2D eigenvalue weighted by atomic mass is 10.2. The molecule has 0 aromatic carbocycles. The minimum absolute atomic E-state index is 0.148. The Hall–Kier alpha value is -1.76. The van der Waals surface area contributed by atoms with Crippen molar-refractivity contribution in [1.82, 2.24) is 9.80 Å². The standard InChI is InChI=1S/C11H16N3O4/c1-13-2-3-14(7-13)6-10(15)18-8-4-9(11(16)17)12-5-8/h2-3,7-9,12H,4-6H2,1H3,(H,16,17)/p+1/t8-,9+/m1/s1. The molecule has 0 aromatic rings. The Morgan fingerprint density at radius 3 is 2.83 bits per heavy atom. The molecule has 0 saturated carbocycles. The Labute approximate surface area is 105 Å². The van der Waals surface area contributed by atoms with Gasteiger partial charge in [-0.25, -0.2) is 4.79 Å². The highest BCUT2D eigenvalue weighted by atomic mass is 16.5. The number of esters is 1. The van der Waals surface area contributed by atoms with Crippen LogP contribution in [0.3, 0.4) is 0 Å². The Bertz CT molecular complexity index is 371. The van der Waals surface area contributed by atoms with E-state index >= 15 is 0 Å². The van der Waals surface area contributed by atoms with E-state index in [2.05, 4.69) is 0 Å². The number of carboxylic acids is 1. The molecular weight excluding hydrogens is 238 g/mol. The smallest absolute Gasteiger partial charge is 0.362 e. The minimum atomic E-state index is -0.856. The van der Waals surface area contributed by atoms with Crippen molar-refractivity contribution in [3.63, 3.8) is 0 Å². The SMILES string of the molecule is CN1[CH]N(CC(=O)O[C@H]2C[NH2+][C@H](C(=O)O)C2)C=C1. The van der Waals surface area contributed by atoms with E-state index in [1.54, 1.807) is 23.1 Å². The van der Waals surface area contributed by atoms with Crippen molar-refractivity contribution in [3.8, 4) is 0 Å². The predicted octanol–water partition coefficient (Wildman–Crippen LogP) is -1.84. The highest BCUT2D eigenvalue weighted by molar-refractivity contribution is 5.73. The molecule has 0 aliphatic carbocycles. The van der Waals surface area contributed by atoms with E-state index in [9.17, 15) is 9.59 Å². The van der Waals surface area contributed by atoms with Crippen molar-refractivity contribution in [2.45, 2.75) is 18.6 Å². The molecule has 2 atom stereocenters. The molecule has 0 unspecified atom stereocenters. The molecule has 3 N–H and O–H groups in total. The number of rotatable bonds is 4. The third kappa shape index (κ3) is 3.13. The van der Waals surface area contributed by atoms with Gasteiger partial charge < -0.3 is 25.0 Å². The van der Waals surface area contributed by atoms with Crippen LogP contribution in [-0.4, -0.2) is 59.1 Å². The van der Waals surface area contributed by atoms with Crippen LogP contribution < -0.4 is 5.32 Å². The van der Waals surface area contributed by atoms with Gasteiger partial charge >= 0.3 is 11.9 Å². The number of hydrogen-bond acceptors (Lipinski definition) is 5. The van der Waals surface area contributed by atoms with Gasteiger partial charge in [-0.05, 0) is 0 Å². The zero-order valence-electron chi connectivity index (χ0n) is 10.2. The molecule has 0 bridgehead atoms. The lowest BCUT2D eigenvalue weighted by Crippen LogP contribution is -2.89. The summed E-state index contributed by atoms with van der Waals surface area (Å²) < 4.78 is 5.24. The van der Waals surface area contributed by atoms with Crippen LogP contribution in [0.5, 0.6) is 0 Å². The second-order valence-corrected chi connectivity index (χ2v) is 4.52. The van der Waals surface area contributed by atoms with Gasteiger partial charge in [-0.1, -0.05) is 0 Å². The maximum absolute atomic E-state index is 11.6. The first-order valence-electron chi connectivity index (χ1n) is 5.81. The van der Waals surface area contributed by atoms with Crippen molar-refractivity contribution < 1.29 is 24.7 Å². The summed E-state index contributed by atoms with van der Waals surface area (Å²) in [5.41, 5.74) is 0. The fourth-order valence-electron chi connectivity index (χ4n) is 2.06. The lowest BCUT2D eigenvalue weighted by Gasteiger charge is -2.17. The van der Waals surface area contributed by atoms with Crippen LogP contribution in [0.1, 0.15) is 6.42 Å². The largest absolute Gasteiger partial charge is 0.477 e. The summed E-state index contributed by atoms with van der Waals surface area (Å²) in [6, 6.07) is -0.493. The average Bonchev–Trinajstić information content (AvgIpc) is 2.88. The van der Waals surface area contributed by atoms with Crippen LogP contribution in [0.4, 0.5) is 0 Å². The van der Waals surface area contributed by atoms with E-state index in [4.69, 9.17) is 9.84 Å². The number of nitrogens with zero attached hydrogens (tertiary/aromatic N) is 2. The Morgan fingerprint density at radius 1 is 1.50 bits per heavy atom. The molecule has 99 valence electrons. The number of hydrogen-bond donors (Lipinski definition) is 2. The van der Waals surface area contributed by atoms with Crippen molar-refractivity contribution in [1.29, 1.82) is 0 Å². The van der Waals surface area contributed by atoms with E-state index in [1.807, 2.05) is 18.1 Å². The van der Waals surface area contributed by atoms with Crippen molar-refractivity contribution in [2.75, 3.05) is 20.1 Å². The number of ether oxygens (including phenoxy) is 1. The summed E-state index contributed by atoms with van der Waals surface area (Å²) >= 11 is 0. The van der Waals surface area contributed by atoms with Gasteiger partial charge in [0.15, 0.2) is 12.1 Å². The van der Waals surface area contributed by atoms with Gasteiger partial charge in [0, 0.05) is 19.4 Å². The van der Waals surface area contributed by atoms with Crippen LogP contribution in [0.15, 0.2) is 12.4 Å². The number of nitrogens with two attached hydrogens (primary N) is 1. The second kappa shape index (κ2) is 5.26. The molecule has 2 aliphatic rings. The van der Waals surface area contributed by atoms with Crippen molar-refractivity contribution in [2.24, 2.45) is 0 Å². The first kappa shape index (κ1) is 12.7. The monoisotopic (exact) mass is 255 g/mol. The molecule has 2 heterocycles. The third-order valence-corrected chi connectivity index (χ3v) is 2.95. The maximum atomic E-state index is 11.6. The summed E-state index contributed by atoms with van der Waals surface area (Å²) in [6.07, 6.45) is 3.68. The van der Waals surface area contributed by atoms with E-state index in [1.165, 1.54) is 0 Å². The molecule has 0 amide bonds. The number of quaternary nitrogens is 1. The Kier molecular flexibility index (Phi) is 3.71. The zero-order chi connectivity index (χ0) is 13.1. The number of carboxylic acid groups (broad SMARTS) is 1. The van der Waals surface area contributed by atoms with Crippen LogP contribution in [0, 0.1) is 6.67 Å². The van der Waals surface area contributed by atoms with Gasteiger partial charge in [0.2, 0.25) is 0 Å². The van der Waals surface area contributed by atoms with Crippen LogP contribution in [0.2, 0.25) is 0 Å². The summed E-state index contributed by atoms with van der Waals surface area (Å²) in [6.45, 7) is 2.44. The van der Waals surface area contributed by atoms with Gasteiger partial charge in [0.05, 0.1) is 6.42 Å². The summed E-state index contributed by atoms with van der Waals surface area (Å²) in [7, 11) is 1.87. The van der Waals surface area contributed by atoms with E-state index in [0.717, 1.165) is 0 Å². The summed E-state index contributed by atoms with van der Waals surface area (Å²) in [5.74, 6) is -1.19. The minimum Gasteiger partial charge on any atom is -0.477 e. The molecule has 0 spiro atoms. The normalized spacial score (nSPS) is 26.7. The molecule has 7 nitrogen and oxygen atoms in total. The van der Waals surface area contributed by atoms with E-state index < -0.39 is 12.0 Å². The topological polar surface area (TPSA) is 86.7 Å². The lowest BCUT2D eigenvalue weighted by molar-refractivity contribution is -0.661. The van der Waals surface area contributed by atoms with Crippen molar-refractivity contribution >= 4 is 11.9 Å². The van der Waals surface area contributed by atoms with Gasteiger partial charge in [-0.3, -0.25) is 4.79 Å². The number of carbonyl (C=O) groups excluding carboxylic acids is 1. The van der Waals surface area contributed by atoms with Gasteiger partial charge in [0.25, 0.3) is 0 Å². The molecule has 1 fully saturated rings. The molecule has 2 rings (SSSR count). The van der Waals surface area contributed by atoms with Crippen LogP contribution >= 0.6 is 0 Å². The first-order valence-corrected chi connectivity index (χ1v) is 5.81. The average molecular weight is 255 g/mol. The van der Waals surface area contributed by atoms with Gasteiger partial charge in [-0.2, -0.15) is 0 Å². The van der Waals surface area contributed by atoms with E-state index in [0.29, 0.717) is 13.0 Å². The molecule has 0 aromatic heterocycles. The highest BCUT2D eigenvalue weighted by Gasteiger charge is 2.35. The van der Waals surface area contributed by atoms with Gasteiger partial charge in [0.1, 0.15) is 19.8 Å². The molecule has 2 aliphatic heterocycles. The summed E-state index contributed by atoms with van der Waals surface area (Å²) in [5, 5.41) is 10.5. The third-order valence-electron chi connectivity index (χ3n) is 2.95. The Balaban J connectivity index is 1.72. The number of carbonyl (C=O) groups is 2. The molecule has 18 heavy (non-hydrogen) atoms. The molecular formula is C11H17N3O4+. The maximum Gasteiger partial charge on any atom is 0.362 e. The van der Waals surface area contributed by atoms with Crippen molar-refractivity contribution in [3.05, 3.63) is 19.1 Å². The molecule has 1 radical (unpaired) electrons. The van der Waals surface area contributed by atoms with E-state index in [-0.39, 0.29) is 18.6 Å². The summed E-state index contributed by atoms with van der Waals surface area (Å²) in [4.78, 5) is 25.9. The molecule has 1 saturated heterocycles. The Morgan fingerprint density at radius 2 is 2.28 bits per heavy atom. The predicted molar refractivity (Wildman–Crippen MR) is 60.6 cm³/mol. The number of aliphatic carboxylic acids is 1. The fourth-order valence-corrected chi connectivity index (χ4v) is 2.06. The molecule has 7 heteroatoms. The fraction of sp³-hybridized carbons (Fsp3) is 0.545. The van der Waals surface area contributed by atoms with Crippen LogP contribution in [0.25, 0.3) is 0 Å². The van der Waals surface area contributed by atoms with Gasteiger partial charge in [-0.15, -0.1) is 0 Å².